The van der Waals surface area contributed by atoms with Gasteiger partial charge < -0.3 is 9.47 Å². The second kappa shape index (κ2) is 7.96. The maximum absolute atomic E-state index is 13.5. The molecular weight excluding hydrogens is 315 g/mol. The molecule has 0 radical (unpaired) electrons. The van der Waals surface area contributed by atoms with E-state index < -0.39 is 17.6 Å². The van der Waals surface area contributed by atoms with Crippen molar-refractivity contribution in [2.24, 2.45) is 0 Å². The summed E-state index contributed by atoms with van der Waals surface area (Å²) in [4.78, 5) is 23.8. The monoisotopic (exact) mass is 332 g/mol. The number of ether oxygens (including phenoxy) is 2. The zero-order valence-electron chi connectivity index (χ0n) is 13.3. The molecule has 0 aliphatic rings. The predicted molar refractivity (Wildman–Crippen MR) is 85.3 cm³/mol. The first-order chi connectivity index (χ1) is 11.5. The predicted octanol–water partition coefficient (Wildman–Crippen LogP) is 1.85. The van der Waals surface area contributed by atoms with Crippen molar-refractivity contribution in [3.8, 4) is 11.5 Å². The molecule has 0 atom stereocenters. The molecule has 2 amide bonds. The highest BCUT2D eigenvalue weighted by molar-refractivity contribution is 5.96. The van der Waals surface area contributed by atoms with Crippen LogP contribution < -0.4 is 20.3 Å². The Morgan fingerprint density at radius 3 is 2.38 bits per heavy atom. The van der Waals surface area contributed by atoms with Gasteiger partial charge in [-0.2, -0.15) is 0 Å². The molecule has 0 heterocycles. The maximum atomic E-state index is 13.5. The summed E-state index contributed by atoms with van der Waals surface area (Å²) in [5.41, 5.74) is 5.04. The van der Waals surface area contributed by atoms with E-state index in [-0.39, 0.29) is 17.5 Å². The molecule has 2 aromatic carbocycles. The van der Waals surface area contributed by atoms with Crippen molar-refractivity contribution in [3.63, 3.8) is 0 Å². The van der Waals surface area contributed by atoms with E-state index in [0.29, 0.717) is 11.5 Å². The number of methoxy groups -OCH3 is 2. The molecule has 0 spiro atoms. The van der Waals surface area contributed by atoms with Gasteiger partial charge >= 0.3 is 0 Å². The van der Waals surface area contributed by atoms with E-state index in [1.165, 1.54) is 44.6 Å². The number of hydrogen-bond acceptors (Lipinski definition) is 4. The SMILES string of the molecule is COc1ccc(C(=O)NNC(=O)Cc2ccccc2F)cc1OC. The summed E-state index contributed by atoms with van der Waals surface area (Å²) in [7, 11) is 2.94. The first kappa shape index (κ1) is 17.3. The maximum Gasteiger partial charge on any atom is 0.269 e. The second-order valence-electron chi connectivity index (χ2n) is 4.84. The molecule has 0 bridgehead atoms. The molecule has 126 valence electrons. The number of nitrogens with one attached hydrogen (secondary N) is 2. The average Bonchev–Trinajstić information content (AvgIpc) is 2.61. The minimum Gasteiger partial charge on any atom is -0.493 e. The van der Waals surface area contributed by atoms with Gasteiger partial charge in [0.25, 0.3) is 5.91 Å². The molecule has 0 saturated carbocycles. The van der Waals surface area contributed by atoms with Gasteiger partial charge in [0.05, 0.1) is 20.6 Å². The van der Waals surface area contributed by atoms with Gasteiger partial charge in [-0.1, -0.05) is 18.2 Å². The number of hydrazine groups is 1. The third-order valence-electron chi connectivity index (χ3n) is 3.27. The van der Waals surface area contributed by atoms with Crippen molar-refractivity contribution in [1.82, 2.24) is 10.9 Å². The van der Waals surface area contributed by atoms with Crippen LogP contribution in [0.2, 0.25) is 0 Å². The van der Waals surface area contributed by atoms with Crippen LogP contribution >= 0.6 is 0 Å². The lowest BCUT2D eigenvalue weighted by molar-refractivity contribution is -0.121. The van der Waals surface area contributed by atoms with Crippen molar-refractivity contribution in [2.75, 3.05) is 14.2 Å². The average molecular weight is 332 g/mol. The minimum atomic E-state index is -0.533. The van der Waals surface area contributed by atoms with Crippen LogP contribution in [0.1, 0.15) is 15.9 Å². The van der Waals surface area contributed by atoms with Crippen LogP contribution in [0.25, 0.3) is 0 Å². The van der Waals surface area contributed by atoms with E-state index in [1.54, 1.807) is 12.1 Å². The number of hydrogen-bond donors (Lipinski definition) is 2. The fourth-order valence-corrected chi connectivity index (χ4v) is 2.04. The molecule has 2 aromatic rings. The summed E-state index contributed by atoms with van der Waals surface area (Å²) in [6, 6.07) is 10.5. The lowest BCUT2D eigenvalue weighted by Gasteiger charge is -2.11. The van der Waals surface area contributed by atoms with E-state index in [9.17, 15) is 14.0 Å². The van der Waals surface area contributed by atoms with Gasteiger partial charge in [0, 0.05) is 5.56 Å². The van der Waals surface area contributed by atoms with Crippen LogP contribution in [0.5, 0.6) is 11.5 Å². The minimum absolute atomic E-state index is 0.182. The van der Waals surface area contributed by atoms with E-state index in [2.05, 4.69) is 10.9 Å². The third kappa shape index (κ3) is 4.22. The van der Waals surface area contributed by atoms with Crippen molar-refractivity contribution in [2.45, 2.75) is 6.42 Å². The largest absolute Gasteiger partial charge is 0.493 e. The Hall–Kier alpha value is -3.09. The van der Waals surface area contributed by atoms with Crippen LogP contribution in [0.3, 0.4) is 0 Å². The molecule has 0 saturated heterocycles. The third-order valence-corrected chi connectivity index (χ3v) is 3.27. The van der Waals surface area contributed by atoms with Crippen molar-refractivity contribution in [1.29, 1.82) is 0 Å². The number of halogens is 1. The van der Waals surface area contributed by atoms with Crippen LogP contribution in [0, 0.1) is 5.82 Å². The Morgan fingerprint density at radius 1 is 1.00 bits per heavy atom. The number of carbonyl (C=O) groups excluding carboxylic acids is 2. The number of carbonyl (C=O) groups is 2. The normalized spacial score (nSPS) is 9.96. The number of benzene rings is 2. The lowest BCUT2D eigenvalue weighted by Crippen LogP contribution is -2.42. The van der Waals surface area contributed by atoms with Crippen molar-refractivity contribution >= 4 is 11.8 Å². The second-order valence-corrected chi connectivity index (χ2v) is 4.84. The van der Waals surface area contributed by atoms with Crippen molar-refractivity contribution in [3.05, 3.63) is 59.4 Å². The number of amides is 2. The van der Waals surface area contributed by atoms with Gasteiger partial charge in [0.2, 0.25) is 5.91 Å². The highest BCUT2D eigenvalue weighted by Crippen LogP contribution is 2.27. The summed E-state index contributed by atoms with van der Waals surface area (Å²) in [6.45, 7) is 0. The molecule has 24 heavy (non-hydrogen) atoms. The Labute approximate surface area is 138 Å². The van der Waals surface area contributed by atoms with Crippen LogP contribution in [0.4, 0.5) is 4.39 Å². The Morgan fingerprint density at radius 2 is 1.71 bits per heavy atom. The standard InChI is InChI=1S/C17H17FN2O4/c1-23-14-8-7-12(9-15(14)24-2)17(22)20-19-16(21)10-11-5-3-4-6-13(11)18/h3-9H,10H2,1-2H3,(H,19,21)(H,20,22). The Kier molecular flexibility index (Phi) is 5.73. The molecule has 0 aliphatic heterocycles. The molecule has 6 nitrogen and oxygen atoms in total. The van der Waals surface area contributed by atoms with Gasteiger partial charge in [-0.25, -0.2) is 4.39 Å². The summed E-state index contributed by atoms with van der Waals surface area (Å²) in [6.07, 6.45) is -0.182. The van der Waals surface area contributed by atoms with Gasteiger partial charge in [-0.3, -0.25) is 20.4 Å². The summed E-state index contributed by atoms with van der Waals surface area (Å²) in [5, 5.41) is 0. The zero-order valence-corrected chi connectivity index (χ0v) is 13.3. The molecule has 0 unspecified atom stereocenters. The van der Waals surface area contributed by atoms with E-state index in [0.717, 1.165) is 0 Å². The Bertz CT molecular complexity index is 749. The fourth-order valence-electron chi connectivity index (χ4n) is 2.04. The van der Waals surface area contributed by atoms with Gasteiger partial charge in [-0.05, 0) is 29.8 Å². The quantitative estimate of drug-likeness (QED) is 0.819. The molecule has 0 fully saturated rings. The summed E-state index contributed by atoms with van der Waals surface area (Å²) < 4.78 is 23.7. The molecule has 0 aromatic heterocycles. The Balaban J connectivity index is 1.95. The number of rotatable bonds is 5. The summed E-state index contributed by atoms with van der Waals surface area (Å²) in [5.74, 6) is -0.661. The highest BCUT2D eigenvalue weighted by Gasteiger charge is 2.12. The lowest BCUT2D eigenvalue weighted by atomic mass is 10.1. The van der Waals surface area contributed by atoms with Crippen molar-refractivity contribution < 1.29 is 23.5 Å². The first-order valence-electron chi connectivity index (χ1n) is 7.09. The van der Waals surface area contributed by atoms with Gasteiger partial charge in [0.15, 0.2) is 11.5 Å². The van der Waals surface area contributed by atoms with Gasteiger partial charge in [-0.15, -0.1) is 0 Å². The zero-order chi connectivity index (χ0) is 17.5. The smallest absolute Gasteiger partial charge is 0.269 e. The van der Waals surface area contributed by atoms with Crippen LogP contribution in [-0.4, -0.2) is 26.0 Å². The molecule has 2 rings (SSSR count). The summed E-state index contributed by atoms with van der Waals surface area (Å²) >= 11 is 0. The van der Waals surface area contributed by atoms with E-state index >= 15 is 0 Å². The molecule has 7 heteroatoms. The van der Waals surface area contributed by atoms with E-state index in [1.807, 2.05) is 0 Å². The molecule has 2 N–H and O–H groups in total. The van der Waals surface area contributed by atoms with Crippen LogP contribution in [0.15, 0.2) is 42.5 Å². The highest BCUT2D eigenvalue weighted by atomic mass is 19.1. The van der Waals surface area contributed by atoms with Crippen LogP contribution in [-0.2, 0) is 11.2 Å². The first-order valence-corrected chi connectivity index (χ1v) is 7.09. The molecular formula is C17H17FN2O4. The van der Waals surface area contributed by atoms with E-state index in [4.69, 9.17) is 9.47 Å². The topological polar surface area (TPSA) is 76.7 Å². The van der Waals surface area contributed by atoms with Gasteiger partial charge in [0.1, 0.15) is 5.82 Å². The fraction of sp³-hybridized carbons (Fsp3) is 0.176. The molecule has 0 aliphatic carbocycles.